The zero-order valence-corrected chi connectivity index (χ0v) is 13.2. The molecule has 114 valence electrons. The Bertz CT molecular complexity index is 484. The molecular weight excluding hydrogens is 276 g/mol. The van der Waals surface area contributed by atoms with Crippen LogP contribution in [0.1, 0.15) is 27.2 Å². The summed E-state index contributed by atoms with van der Waals surface area (Å²) in [7, 11) is -3.29. The van der Waals surface area contributed by atoms with Gasteiger partial charge in [-0.15, -0.1) is 0 Å². The SMILES string of the molecule is CCOc1ccc(NS(=O)(=O)CCCNC(C)C)cc1. The van der Waals surface area contributed by atoms with E-state index in [1.807, 2.05) is 20.8 Å². The number of hydrogen-bond acceptors (Lipinski definition) is 4. The molecule has 0 bridgehead atoms. The number of anilines is 1. The molecule has 0 saturated heterocycles. The van der Waals surface area contributed by atoms with E-state index < -0.39 is 10.0 Å². The molecule has 0 fully saturated rings. The molecule has 1 aromatic rings. The van der Waals surface area contributed by atoms with E-state index in [1.54, 1.807) is 24.3 Å². The van der Waals surface area contributed by atoms with Gasteiger partial charge in [-0.1, -0.05) is 13.8 Å². The number of ether oxygens (including phenoxy) is 1. The Morgan fingerprint density at radius 1 is 1.20 bits per heavy atom. The second kappa shape index (κ2) is 8.11. The van der Waals surface area contributed by atoms with Crippen LogP contribution < -0.4 is 14.8 Å². The second-order valence-corrected chi connectivity index (χ2v) is 6.68. The predicted octanol–water partition coefficient (Wildman–Crippen LogP) is 2.22. The lowest BCUT2D eigenvalue weighted by Crippen LogP contribution is -2.26. The molecule has 5 nitrogen and oxygen atoms in total. The van der Waals surface area contributed by atoms with Crippen LogP contribution in [-0.4, -0.2) is 33.4 Å². The third kappa shape index (κ3) is 6.77. The molecule has 1 aromatic carbocycles. The van der Waals surface area contributed by atoms with Gasteiger partial charge in [0, 0.05) is 11.7 Å². The van der Waals surface area contributed by atoms with Crippen LogP contribution in [0.3, 0.4) is 0 Å². The summed E-state index contributed by atoms with van der Waals surface area (Å²) in [6, 6.07) is 7.28. The normalized spacial score (nSPS) is 11.6. The average Bonchev–Trinajstić information content (AvgIpc) is 2.37. The zero-order valence-electron chi connectivity index (χ0n) is 12.3. The van der Waals surface area contributed by atoms with Gasteiger partial charge in [0.25, 0.3) is 0 Å². The van der Waals surface area contributed by atoms with E-state index in [0.29, 0.717) is 31.3 Å². The molecule has 1 rings (SSSR count). The Kier molecular flexibility index (Phi) is 6.81. The molecule has 2 N–H and O–H groups in total. The first-order valence-corrected chi connectivity index (χ1v) is 8.55. The molecular formula is C14H24N2O3S. The molecule has 0 spiro atoms. The Hall–Kier alpha value is -1.27. The third-order valence-electron chi connectivity index (χ3n) is 2.58. The van der Waals surface area contributed by atoms with Gasteiger partial charge in [0.05, 0.1) is 12.4 Å². The lowest BCUT2D eigenvalue weighted by atomic mass is 10.3. The summed E-state index contributed by atoms with van der Waals surface area (Å²) in [4.78, 5) is 0. The average molecular weight is 300 g/mol. The standard InChI is InChI=1S/C14H24N2O3S/c1-4-19-14-8-6-13(7-9-14)16-20(17,18)11-5-10-15-12(2)3/h6-9,12,15-16H,4-5,10-11H2,1-3H3. The molecule has 0 amide bonds. The Labute approximate surface area is 121 Å². The summed E-state index contributed by atoms with van der Waals surface area (Å²) in [5.74, 6) is 0.844. The Morgan fingerprint density at radius 3 is 2.40 bits per heavy atom. The summed E-state index contributed by atoms with van der Waals surface area (Å²) in [6.45, 7) is 7.26. The first kappa shape index (κ1) is 16.8. The molecule has 0 aromatic heterocycles. The Balaban J connectivity index is 2.45. The maximum Gasteiger partial charge on any atom is 0.232 e. The monoisotopic (exact) mass is 300 g/mol. The Morgan fingerprint density at radius 2 is 1.85 bits per heavy atom. The highest BCUT2D eigenvalue weighted by atomic mass is 32.2. The molecule has 20 heavy (non-hydrogen) atoms. The van der Waals surface area contributed by atoms with Crippen LogP contribution in [0.15, 0.2) is 24.3 Å². The summed E-state index contributed by atoms with van der Waals surface area (Å²) in [6.07, 6.45) is 0.588. The minimum Gasteiger partial charge on any atom is -0.494 e. The lowest BCUT2D eigenvalue weighted by Gasteiger charge is -2.10. The van der Waals surface area contributed by atoms with Gasteiger partial charge in [0.15, 0.2) is 0 Å². The molecule has 6 heteroatoms. The van der Waals surface area contributed by atoms with Crippen molar-refractivity contribution in [2.75, 3.05) is 23.6 Å². The van der Waals surface area contributed by atoms with Crippen LogP contribution in [-0.2, 0) is 10.0 Å². The van der Waals surface area contributed by atoms with Crippen molar-refractivity contribution in [1.82, 2.24) is 5.32 Å². The van der Waals surface area contributed by atoms with E-state index in [1.165, 1.54) is 0 Å². The molecule has 0 aliphatic rings. The number of nitrogens with one attached hydrogen (secondary N) is 2. The van der Waals surface area contributed by atoms with E-state index in [0.717, 1.165) is 5.75 Å². The number of rotatable bonds is 9. The zero-order chi connectivity index (χ0) is 15.0. The van der Waals surface area contributed by atoms with E-state index in [4.69, 9.17) is 4.74 Å². The van der Waals surface area contributed by atoms with Gasteiger partial charge in [-0.3, -0.25) is 4.72 Å². The van der Waals surface area contributed by atoms with Crippen molar-refractivity contribution < 1.29 is 13.2 Å². The highest BCUT2D eigenvalue weighted by molar-refractivity contribution is 7.92. The predicted molar refractivity (Wildman–Crippen MR) is 82.8 cm³/mol. The van der Waals surface area contributed by atoms with Crippen LogP contribution in [0, 0.1) is 0 Å². The van der Waals surface area contributed by atoms with Crippen molar-refractivity contribution in [2.24, 2.45) is 0 Å². The molecule has 0 unspecified atom stereocenters. The molecule has 0 atom stereocenters. The molecule has 0 radical (unpaired) electrons. The van der Waals surface area contributed by atoms with Crippen molar-refractivity contribution in [3.8, 4) is 5.75 Å². The summed E-state index contributed by atoms with van der Waals surface area (Å²) < 4.78 is 31.6. The fourth-order valence-electron chi connectivity index (χ4n) is 1.67. The van der Waals surface area contributed by atoms with Gasteiger partial charge in [0.1, 0.15) is 5.75 Å². The lowest BCUT2D eigenvalue weighted by molar-refractivity contribution is 0.340. The van der Waals surface area contributed by atoms with E-state index in [-0.39, 0.29) is 5.75 Å². The van der Waals surface area contributed by atoms with Crippen molar-refractivity contribution in [2.45, 2.75) is 33.2 Å². The van der Waals surface area contributed by atoms with Gasteiger partial charge in [-0.25, -0.2) is 8.42 Å². The molecule has 0 aliphatic carbocycles. The van der Waals surface area contributed by atoms with Crippen LogP contribution >= 0.6 is 0 Å². The molecule has 0 aliphatic heterocycles. The minimum atomic E-state index is -3.29. The van der Waals surface area contributed by atoms with Crippen LogP contribution in [0.2, 0.25) is 0 Å². The third-order valence-corrected chi connectivity index (χ3v) is 3.95. The van der Waals surface area contributed by atoms with Gasteiger partial charge in [-0.2, -0.15) is 0 Å². The van der Waals surface area contributed by atoms with Gasteiger partial charge in [-0.05, 0) is 44.2 Å². The number of sulfonamides is 1. The highest BCUT2D eigenvalue weighted by Gasteiger charge is 2.10. The molecule has 0 heterocycles. The van der Waals surface area contributed by atoms with Crippen LogP contribution in [0.5, 0.6) is 5.75 Å². The van der Waals surface area contributed by atoms with Crippen LogP contribution in [0.25, 0.3) is 0 Å². The van der Waals surface area contributed by atoms with Gasteiger partial charge < -0.3 is 10.1 Å². The van der Waals surface area contributed by atoms with E-state index in [2.05, 4.69) is 10.0 Å². The van der Waals surface area contributed by atoms with Gasteiger partial charge in [0.2, 0.25) is 10.0 Å². The van der Waals surface area contributed by atoms with Crippen molar-refractivity contribution >= 4 is 15.7 Å². The van der Waals surface area contributed by atoms with E-state index in [9.17, 15) is 8.42 Å². The van der Waals surface area contributed by atoms with E-state index >= 15 is 0 Å². The van der Waals surface area contributed by atoms with Crippen LogP contribution in [0.4, 0.5) is 5.69 Å². The summed E-state index contributed by atoms with van der Waals surface area (Å²) in [5, 5.41) is 3.19. The fraction of sp³-hybridized carbons (Fsp3) is 0.571. The number of benzene rings is 1. The second-order valence-electron chi connectivity index (χ2n) is 4.84. The fourth-order valence-corrected chi connectivity index (χ4v) is 2.79. The summed E-state index contributed by atoms with van der Waals surface area (Å²) in [5.41, 5.74) is 0.560. The number of hydrogen-bond donors (Lipinski definition) is 2. The van der Waals surface area contributed by atoms with Crippen molar-refractivity contribution in [3.05, 3.63) is 24.3 Å². The first-order valence-electron chi connectivity index (χ1n) is 6.89. The van der Waals surface area contributed by atoms with Crippen molar-refractivity contribution in [1.29, 1.82) is 0 Å². The maximum absolute atomic E-state index is 11.9. The molecule has 0 saturated carbocycles. The highest BCUT2D eigenvalue weighted by Crippen LogP contribution is 2.16. The first-order chi connectivity index (χ1) is 9.43. The quantitative estimate of drug-likeness (QED) is 0.686. The smallest absolute Gasteiger partial charge is 0.232 e. The van der Waals surface area contributed by atoms with Crippen molar-refractivity contribution in [3.63, 3.8) is 0 Å². The maximum atomic E-state index is 11.9. The summed E-state index contributed by atoms with van der Waals surface area (Å²) >= 11 is 0. The van der Waals surface area contributed by atoms with Gasteiger partial charge >= 0.3 is 0 Å². The topological polar surface area (TPSA) is 67.4 Å². The largest absolute Gasteiger partial charge is 0.494 e. The minimum absolute atomic E-state index is 0.111.